The van der Waals surface area contributed by atoms with Crippen LogP contribution in [0, 0.1) is 5.92 Å². The van der Waals surface area contributed by atoms with E-state index in [9.17, 15) is 4.79 Å². The first kappa shape index (κ1) is 16.5. The van der Waals surface area contributed by atoms with E-state index in [1.165, 1.54) is 0 Å². The van der Waals surface area contributed by atoms with Crippen molar-refractivity contribution in [2.75, 3.05) is 13.7 Å². The number of hydrogen-bond acceptors (Lipinski definition) is 3. The van der Waals surface area contributed by atoms with Crippen molar-refractivity contribution in [1.29, 1.82) is 0 Å². The van der Waals surface area contributed by atoms with Crippen molar-refractivity contribution in [2.24, 2.45) is 11.7 Å². The summed E-state index contributed by atoms with van der Waals surface area (Å²) in [6, 6.07) is 7.74. The van der Waals surface area contributed by atoms with Crippen LogP contribution in [0.1, 0.15) is 32.8 Å². The van der Waals surface area contributed by atoms with Crippen molar-refractivity contribution in [3.63, 3.8) is 0 Å². The van der Waals surface area contributed by atoms with Gasteiger partial charge >= 0.3 is 0 Å². The monoisotopic (exact) mass is 278 g/mol. The van der Waals surface area contributed by atoms with Gasteiger partial charge in [0.2, 0.25) is 5.91 Å². The Morgan fingerprint density at radius 1 is 1.30 bits per heavy atom. The molecule has 4 nitrogen and oxygen atoms in total. The van der Waals surface area contributed by atoms with Crippen LogP contribution in [0.15, 0.2) is 24.3 Å². The minimum absolute atomic E-state index is 0.0784. The molecule has 0 aliphatic heterocycles. The third-order valence-electron chi connectivity index (χ3n) is 3.35. The Labute approximate surface area is 121 Å². The van der Waals surface area contributed by atoms with E-state index in [1.807, 2.05) is 52.1 Å². The third-order valence-corrected chi connectivity index (χ3v) is 3.35. The fraction of sp³-hybridized carbons (Fsp3) is 0.562. The van der Waals surface area contributed by atoms with Gasteiger partial charge in [-0.2, -0.15) is 0 Å². The van der Waals surface area contributed by atoms with Gasteiger partial charge in [0.05, 0.1) is 6.61 Å². The number of nitrogens with two attached hydrogens (primary N) is 1. The molecule has 0 heterocycles. The van der Waals surface area contributed by atoms with Crippen molar-refractivity contribution in [1.82, 2.24) is 4.90 Å². The molecular weight excluding hydrogens is 252 g/mol. The Kier molecular flexibility index (Phi) is 6.52. The lowest BCUT2D eigenvalue weighted by Crippen LogP contribution is -2.35. The molecule has 1 aromatic carbocycles. The van der Waals surface area contributed by atoms with Crippen molar-refractivity contribution in [3.8, 4) is 5.75 Å². The predicted molar refractivity (Wildman–Crippen MR) is 81.5 cm³/mol. The zero-order chi connectivity index (χ0) is 15.1. The molecule has 0 bridgehead atoms. The van der Waals surface area contributed by atoms with Gasteiger partial charge in [-0.05, 0) is 30.5 Å². The molecule has 1 aromatic rings. The molecule has 4 heteroatoms. The summed E-state index contributed by atoms with van der Waals surface area (Å²) >= 11 is 0. The summed E-state index contributed by atoms with van der Waals surface area (Å²) in [5.41, 5.74) is 7.02. The van der Waals surface area contributed by atoms with E-state index in [0.717, 1.165) is 11.3 Å². The van der Waals surface area contributed by atoms with E-state index in [1.54, 1.807) is 4.90 Å². The van der Waals surface area contributed by atoms with Crippen LogP contribution in [-0.2, 0) is 11.3 Å². The fourth-order valence-corrected chi connectivity index (χ4v) is 1.81. The van der Waals surface area contributed by atoms with E-state index in [-0.39, 0.29) is 11.9 Å². The maximum atomic E-state index is 12.1. The highest BCUT2D eigenvalue weighted by atomic mass is 16.5. The van der Waals surface area contributed by atoms with Gasteiger partial charge in [0.15, 0.2) is 0 Å². The molecule has 0 saturated carbocycles. The summed E-state index contributed by atoms with van der Waals surface area (Å²) in [7, 11) is 1.81. The SMILES string of the molecule is CCOc1ccc(CN(C)C(=O)CC(N)C(C)C)cc1. The van der Waals surface area contributed by atoms with E-state index in [0.29, 0.717) is 25.5 Å². The zero-order valence-corrected chi connectivity index (χ0v) is 12.9. The number of amides is 1. The van der Waals surface area contributed by atoms with Crippen molar-refractivity contribution in [2.45, 2.75) is 39.8 Å². The first-order valence-corrected chi connectivity index (χ1v) is 7.15. The Bertz CT molecular complexity index is 415. The van der Waals surface area contributed by atoms with Crippen molar-refractivity contribution >= 4 is 5.91 Å². The molecular formula is C16H26N2O2. The molecule has 0 spiro atoms. The van der Waals surface area contributed by atoms with Crippen LogP contribution < -0.4 is 10.5 Å². The van der Waals surface area contributed by atoms with Crippen molar-refractivity contribution < 1.29 is 9.53 Å². The lowest BCUT2D eigenvalue weighted by molar-refractivity contribution is -0.131. The highest BCUT2D eigenvalue weighted by Gasteiger charge is 2.16. The van der Waals surface area contributed by atoms with Gasteiger partial charge in [-0.25, -0.2) is 0 Å². The molecule has 2 N–H and O–H groups in total. The summed E-state index contributed by atoms with van der Waals surface area (Å²) in [6.45, 7) is 7.27. The van der Waals surface area contributed by atoms with E-state index < -0.39 is 0 Å². The smallest absolute Gasteiger partial charge is 0.224 e. The van der Waals surface area contributed by atoms with E-state index >= 15 is 0 Å². The Hall–Kier alpha value is -1.55. The van der Waals surface area contributed by atoms with Crippen LogP contribution >= 0.6 is 0 Å². The van der Waals surface area contributed by atoms with E-state index in [2.05, 4.69) is 0 Å². The zero-order valence-electron chi connectivity index (χ0n) is 12.9. The van der Waals surface area contributed by atoms with Crippen LogP contribution in [0.2, 0.25) is 0 Å². The standard InChI is InChI=1S/C16H26N2O2/c1-5-20-14-8-6-13(7-9-14)11-18(4)16(19)10-15(17)12(2)3/h6-9,12,15H,5,10-11,17H2,1-4H3. The quantitative estimate of drug-likeness (QED) is 0.833. The average Bonchev–Trinajstić information content (AvgIpc) is 2.41. The molecule has 1 amide bonds. The van der Waals surface area contributed by atoms with Crippen molar-refractivity contribution in [3.05, 3.63) is 29.8 Å². The highest BCUT2D eigenvalue weighted by molar-refractivity contribution is 5.76. The van der Waals surface area contributed by atoms with Gasteiger partial charge in [-0.15, -0.1) is 0 Å². The number of benzene rings is 1. The Morgan fingerprint density at radius 3 is 2.40 bits per heavy atom. The van der Waals surface area contributed by atoms with Gasteiger partial charge < -0.3 is 15.4 Å². The second kappa shape index (κ2) is 7.90. The molecule has 1 rings (SSSR count). The molecule has 0 aliphatic rings. The Morgan fingerprint density at radius 2 is 1.90 bits per heavy atom. The maximum absolute atomic E-state index is 12.1. The van der Waals surface area contributed by atoms with Crippen LogP contribution in [0.5, 0.6) is 5.75 Å². The number of rotatable bonds is 7. The topological polar surface area (TPSA) is 55.6 Å². The molecule has 0 aromatic heterocycles. The average molecular weight is 278 g/mol. The number of carbonyl (C=O) groups excluding carboxylic acids is 1. The molecule has 0 saturated heterocycles. The van der Waals surface area contributed by atoms with E-state index in [4.69, 9.17) is 10.5 Å². The maximum Gasteiger partial charge on any atom is 0.224 e. The second-order valence-corrected chi connectivity index (χ2v) is 5.44. The van der Waals surface area contributed by atoms with Crippen LogP contribution in [0.4, 0.5) is 0 Å². The van der Waals surface area contributed by atoms with Gasteiger partial charge in [-0.3, -0.25) is 4.79 Å². The number of nitrogens with zero attached hydrogens (tertiary/aromatic N) is 1. The molecule has 1 unspecified atom stereocenters. The van der Waals surface area contributed by atoms with Gasteiger partial charge in [0, 0.05) is 26.1 Å². The summed E-state index contributed by atoms with van der Waals surface area (Å²) in [5, 5.41) is 0. The number of carbonyl (C=O) groups is 1. The first-order valence-electron chi connectivity index (χ1n) is 7.15. The second-order valence-electron chi connectivity index (χ2n) is 5.44. The van der Waals surface area contributed by atoms with Gasteiger partial charge in [0.25, 0.3) is 0 Å². The molecule has 0 aliphatic carbocycles. The summed E-state index contributed by atoms with van der Waals surface area (Å²) in [6.07, 6.45) is 0.394. The molecule has 112 valence electrons. The fourth-order valence-electron chi connectivity index (χ4n) is 1.81. The minimum atomic E-state index is -0.0784. The summed E-state index contributed by atoms with van der Waals surface area (Å²) in [4.78, 5) is 13.8. The lowest BCUT2D eigenvalue weighted by atomic mass is 10.0. The van der Waals surface area contributed by atoms with Gasteiger partial charge in [0.1, 0.15) is 5.75 Å². The summed E-state index contributed by atoms with van der Waals surface area (Å²) < 4.78 is 5.40. The van der Waals surface area contributed by atoms with Gasteiger partial charge in [-0.1, -0.05) is 26.0 Å². The lowest BCUT2D eigenvalue weighted by Gasteiger charge is -2.21. The largest absolute Gasteiger partial charge is 0.494 e. The van der Waals surface area contributed by atoms with Crippen LogP contribution in [0.3, 0.4) is 0 Å². The Balaban J connectivity index is 2.52. The highest BCUT2D eigenvalue weighted by Crippen LogP contribution is 2.14. The molecule has 1 atom stereocenters. The molecule has 0 fully saturated rings. The normalized spacial score (nSPS) is 12.3. The predicted octanol–water partition coefficient (Wildman–Crippen LogP) is 2.42. The third kappa shape index (κ3) is 5.21. The molecule has 20 heavy (non-hydrogen) atoms. The van der Waals surface area contributed by atoms with Crippen LogP contribution in [-0.4, -0.2) is 30.5 Å². The number of hydrogen-bond donors (Lipinski definition) is 1. The molecule has 0 radical (unpaired) electrons. The summed E-state index contributed by atoms with van der Waals surface area (Å²) in [5.74, 6) is 1.25. The number of ether oxygens (including phenoxy) is 1. The van der Waals surface area contributed by atoms with Crippen LogP contribution in [0.25, 0.3) is 0 Å². The minimum Gasteiger partial charge on any atom is -0.494 e. The first-order chi connectivity index (χ1) is 9.43.